The molecule has 1 saturated heterocycles. The summed E-state index contributed by atoms with van der Waals surface area (Å²) in [5, 5.41) is 1.31. The first-order valence-electron chi connectivity index (χ1n) is 7.34. The molecule has 2 aromatic carbocycles. The Morgan fingerprint density at radius 3 is 2.45 bits per heavy atom. The van der Waals surface area contributed by atoms with Gasteiger partial charge in [-0.15, -0.1) is 0 Å². The maximum atomic E-state index is 12.2. The molecule has 114 valence electrons. The fourth-order valence-corrected chi connectivity index (χ4v) is 3.40. The molecule has 0 aromatic heterocycles. The minimum atomic E-state index is -3.35. The zero-order valence-corrected chi connectivity index (χ0v) is 13.3. The Labute approximate surface area is 131 Å². The highest BCUT2D eigenvalue weighted by molar-refractivity contribution is 7.94. The van der Waals surface area contributed by atoms with Crippen molar-refractivity contribution in [1.82, 2.24) is 4.90 Å². The van der Waals surface area contributed by atoms with E-state index >= 15 is 0 Å². The third kappa shape index (κ3) is 3.57. The molecule has 1 heterocycles. The number of benzene rings is 2. The van der Waals surface area contributed by atoms with Gasteiger partial charge in [0.2, 0.25) is 9.84 Å². The van der Waals surface area contributed by atoms with Crippen LogP contribution in [0.3, 0.4) is 0 Å². The van der Waals surface area contributed by atoms with Gasteiger partial charge in [-0.3, -0.25) is 0 Å². The Bertz CT molecular complexity index is 764. The summed E-state index contributed by atoms with van der Waals surface area (Å²) in [6, 6.07) is 17.6. The van der Waals surface area contributed by atoms with Crippen LogP contribution in [-0.4, -0.2) is 25.9 Å². The summed E-state index contributed by atoms with van der Waals surface area (Å²) in [5.41, 5.74) is 2.33. The average molecular weight is 313 g/mol. The van der Waals surface area contributed by atoms with Crippen LogP contribution in [0.4, 0.5) is 0 Å². The predicted molar refractivity (Wildman–Crippen MR) is 88.1 cm³/mol. The van der Waals surface area contributed by atoms with Crippen LogP contribution in [0.2, 0.25) is 0 Å². The lowest BCUT2D eigenvalue weighted by atomic mass is 10.1. The highest BCUT2D eigenvalue weighted by Gasteiger charge is 2.31. The second-order valence-corrected chi connectivity index (χ2v) is 7.52. The molecular formula is C18H19NO2S. The van der Waals surface area contributed by atoms with Crippen LogP contribution in [0.25, 0.3) is 0 Å². The van der Waals surface area contributed by atoms with Gasteiger partial charge in [-0.1, -0.05) is 48.0 Å². The van der Waals surface area contributed by atoms with Crippen molar-refractivity contribution in [2.75, 3.05) is 6.54 Å². The Morgan fingerprint density at radius 2 is 1.77 bits per heavy atom. The fraction of sp³-hybridized carbons (Fsp3) is 0.222. The molecule has 22 heavy (non-hydrogen) atoms. The van der Waals surface area contributed by atoms with E-state index in [0.717, 1.165) is 18.5 Å². The van der Waals surface area contributed by atoms with E-state index < -0.39 is 9.84 Å². The molecule has 4 heteroatoms. The van der Waals surface area contributed by atoms with E-state index in [0.29, 0.717) is 10.9 Å². The molecule has 3 rings (SSSR count). The van der Waals surface area contributed by atoms with Crippen molar-refractivity contribution in [3.63, 3.8) is 0 Å². The summed E-state index contributed by atoms with van der Waals surface area (Å²) in [5.74, 6) is 0. The Hall–Kier alpha value is -2.07. The van der Waals surface area contributed by atoms with Gasteiger partial charge in [0.1, 0.15) is 0 Å². The topological polar surface area (TPSA) is 37.1 Å². The molecule has 2 aromatic rings. The van der Waals surface area contributed by atoms with Crippen molar-refractivity contribution < 1.29 is 8.42 Å². The van der Waals surface area contributed by atoms with E-state index in [2.05, 4.69) is 17.0 Å². The first-order chi connectivity index (χ1) is 10.5. The van der Waals surface area contributed by atoms with Crippen LogP contribution >= 0.6 is 0 Å². The van der Waals surface area contributed by atoms with Crippen molar-refractivity contribution >= 4 is 9.84 Å². The minimum absolute atomic E-state index is 0.343. The molecule has 0 bridgehead atoms. The molecule has 1 aliphatic heterocycles. The summed E-state index contributed by atoms with van der Waals surface area (Å²) < 4.78 is 24.5. The summed E-state index contributed by atoms with van der Waals surface area (Å²) >= 11 is 0. The first kappa shape index (κ1) is 14.9. The number of hydrogen-bond acceptors (Lipinski definition) is 3. The van der Waals surface area contributed by atoms with E-state index in [-0.39, 0.29) is 0 Å². The Morgan fingerprint density at radius 1 is 1.09 bits per heavy atom. The molecule has 1 unspecified atom stereocenters. The number of nitrogens with zero attached hydrogens (tertiary/aromatic N) is 1. The second-order valence-electron chi connectivity index (χ2n) is 5.68. The first-order valence-corrected chi connectivity index (χ1v) is 8.89. The van der Waals surface area contributed by atoms with Gasteiger partial charge < -0.3 is 4.90 Å². The van der Waals surface area contributed by atoms with E-state index in [1.54, 1.807) is 18.3 Å². The number of sulfone groups is 1. The number of aryl methyl sites for hydroxylation is 1. The zero-order valence-electron chi connectivity index (χ0n) is 12.5. The van der Waals surface area contributed by atoms with Gasteiger partial charge in [0.05, 0.1) is 16.3 Å². The third-order valence-corrected chi connectivity index (χ3v) is 5.26. The molecule has 1 atom stereocenters. The lowest BCUT2D eigenvalue weighted by Gasteiger charge is -2.02. The van der Waals surface area contributed by atoms with Crippen LogP contribution in [-0.2, 0) is 16.3 Å². The normalized spacial score (nSPS) is 17.9. The van der Waals surface area contributed by atoms with Gasteiger partial charge in [0.25, 0.3) is 0 Å². The van der Waals surface area contributed by atoms with Gasteiger partial charge in [-0.25, -0.2) is 8.42 Å². The highest BCUT2D eigenvalue weighted by atomic mass is 32.2. The molecule has 1 aliphatic rings. The molecule has 0 amide bonds. The van der Waals surface area contributed by atoms with Crippen molar-refractivity contribution in [1.29, 1.82) is 0 Å². The summed E-state index contributed by atoms with van der Waals surface area (Å²) in [6.45, 7) is 2.85. The van der Waals surface area contributed by atoms with Gasteiger partial charge in [0, 0.05) is 12.7 Å². The minimum Gasteiger partial charge on any atom is -0.370 e. The van der Waals surface area contributed by atoms with Crippen LogP contribution < -0.4 is 0 Å². The fourth-order valence-electron chi connectivity index (χ4n) is 2.41. The molecule has 0 aliphatic carbocycles. The standard InChI is InChI=1S/C18H19NO2S/c1-15-7-9-18(10-8-15)22(20,21)12-11-19-14-17(19)13-16-5-3-2-4-6-16/h2-12,17H,13-14H2,1H3/b12-11-. The summed E-state index contributed by atoms with van der Waals surface area (Å²) in [6.07, 6.45) is 2.65. The predicted octanol–water partition coefficient (Wildman–Crippen LogP) is 3.17. The smallest absolute Gasteiger partial charge is 0.201 e. The quantitative estimate of drug-likeness (QED) is 0.796. The maximum absolute atomic E-state index is 12.2. The average Bonchev–Trinajstić information content (AvgIpc) is 3.25. The van der Waals surface area contributed by atoms with Crippen molar-refractivity contribution in [3.8, 4) is 0 Å². The lowest BCUT2D eigenvalue weighted by molar-refractivity contribution is 0.603. The van der Waals surface area contributed by atoms with Crippen LogP contribution in [0, 0.1) is 6.92 Å². The summed E-state index contributed by atoms with van der Waals surface area (Å²) in [4.78, 5) is 2.40. The SMILES string of the molecule is Cc1ccc(S(=O)(=O)/C=C\N2CC2Cc2ccccc2)cc1. The maximum Gasteiger partial charge on any atom is 0.201 e. The van der Waals surface area contributed by atoms with E-state index in [4.69, 9.17) is 0 Å². The molecule has 0 N–H and O–H groups in total. The Balaban J connectivity index is 1.62. The zero-order chi connectivity index (χ0) is 15.6. The van der Waals surface area contributed by atoms with Crippen molar-refractivity contribution in [2.45, 2.75) is 24.3 Å². The highest BCUT2D eigenvalue weighted by Crippen LogP contribution is 2.23. The molecule has 1 fully saturated rings. The monoisotopic (exact) mass is 313 g/mol. The molecule has 0 spiro atoms. The summed E-state index contributed by atoms with van der Waals surface area (Å²) in [7, 11) is -3.35. The number of hydrogen-bond donors (Lipinski definition) is 0. The van der Waals surface area contributed by atoms with Crippen molar-refractivity contribution in [2.24, 2.45) is 0 Å². The molecule has 0 radical (unpaired) electrons. The largest absolute Gasteiger partial charge is 0.370 e. The number of rotatable bonds is 5. The Kier molecular flexibility index (Phi) is 4.03. The van der Waals surface area contributed by atoms with Gasteiger partial charge >= 0.3 is 0 Å². The van der Waals surface area contributed by atoms with Crippen LogP contribution in [0.15, 0.2) is 71.1 Å². The van der Waals surface area contributed by atoms with E-state index in [1.165, 1.54) is 11.0 Å². The van der Waals surface area contributed by atoms with Gasteiger partial charge in [-0.2, -0.15) is 0 Å². The van der Waals surface area contributed by atoms with Crippen LogP contribution in [0.1, 0.15) is 11.1 Å². The molecule has 3 nitrogen and oxygen atoms in total. The third-order valence-electron chi connectivity index (χ3n) is 3.85. The van der Waals surface area contributed by atoms with Gasteiger partial charge in [-0.05, 0) is 31.0 Å². The molecule has 0 saturated carbocycles. The van der Waals surface area contributed by atoms with Crippen LogP contribution in [0.5, 0.6) is 0 Å². The molecular weight excluding hydrogens is 294 g/mol. The van der Waals surface area contributed by atoms with Crippen molar-refractivity contribution in [3.05, 3.63) is 77.3 Å². The van der Waals surface area contributed by atoms with Gasteiger partial charge in [0.15, 0.2) is 0 Å². The van der Waals surface area contributed by atoms with E-state index in [9.17, 15) is 8.42 Å². The van der Waals surface area contributed by atoms with E-state index in [1.807, 2.05) is 37.3 Å². The second kappa shape index (κ2) is 5.97. The lowest BCUT2D eigenvalue weighted by Crippen LogP contribution is -2.01.